The number of nitrogens with zero attached hydrogens (tertiary/aromatic N) is 1. The average Bonchev–Trinajstić information content (AvgIpc) is 2.75. The van der Waals surface area contributed by atoms with E-state index in [1.165, 1.54) is 7.11 Å². The fraction of sp³-hybridized carbons (Fsp3) is 0.875. The van der Waals surface area contributed by atoms with Gasteiger partial charge in [0.25, 0.3) is 0 Å². The zero-order valence-corrected chi connectivity index (χ0v) is 13.7. The lowest BCUT2D eigenvalue weighted by Gasteiger charge is -2.35. The first kappa shape index (κ1) is 15.3. The van der Waals surface area contributed by atoms with Crippen LogP contribution in [0.1, 0.15) is 41.5 Å². The minimum absolute atomic E-state index is 0.0795. The summed E-state index contributed by atoms with van der Waals surface area (Å²) in [5, 5.41) is 0. The summed E-state index contributed by atoms with van der Waals surface area (Å²) in [6.45, 7) is 13.2. The van der Waals surface area contributed by atoms with Crippen LogP contribution in [-0.2, 0) is 14.3 Å². The van der Waals surface area contributed by atoms with Crippen molar-refractivity contribution >= 4 is 11.9 Å². The van der Waals surface area contributed by atoms with Gasteiger partial charge in [0.15, 0.2) is 0 Å². The molecule has 0 spiro atoms. The predicted molar refractivity (Wildman–Crippen MR) is 76.9 cm³/mol. The molecule has 1 aliphatic heterocycles. The second-order valence-electron chi connectivity index (χ2n) is 8.00. The maximum absolute atomic E-state index is 12.7. The van der Waals surface area contributed by atoms with Crippen LogP contribution in [0.15, 0.2) is 0 Å². The Morgan fingerprint density at radius 2 is 1.85 bits per heavy atom. The molecular formula is C16H27NO3. The first-order valence-corrected chi connectivity index (χ1v) is 7.41. The van der Waals surface area contributed by atoms with Gasteiger partial charge in [0, 0.05) is 18.4 Å². The summed E-state index contributed by atoms with van der Waals surface area (Å²) in [6, 6.07) is -0.391. The summed E-state index contributed by atoms with van der Waals surface area (Å²) in [6.07, 6.45) is 0. The van der Waals surface area contributed by atoms with Gasteiger partial charge in [-0.05, 0) is 16.7 Å². The largest absolute Gasteiger partial charge is 0.467 e. The molecule has 0 radical (unpaired) electrons. The molecule has 0 N–H and O–H groups in total. The van der Waals surface area contributed by atoms with E-state index in [4.69, 9.17) is 4.74 Å². The highest BCUT2D eigenvalue weighted by Crippen LogP contribution is 2.65. The van der Waals surface area contributed by atoms with Gasteiger partial charge in [0.05, 0.1) is 7.11 Å². The molecule has 2 aliphatic rings. The number of ether oxygens (including phenoxy) is 1. The van der Waals surface area contributed by atoms with Crippen molar-refractivity contribution < 1.29 is 14.3 Å². The number of carbonyl (C=O) groups is 2. The highest BCUT2D eigenvalue weighted by Gasteiger charge is 2.70. The molecule has 20 heavy (non-hydrogen) atoms. The predicted octanol–water partition coefficient (Wildman–Crippen LogP) is 2.32. The summed E-state index contributed by atoms with van der Waals surface area (Å²) < 4.78 is 4.94. The normalized spacial score (nSPS) is 32.5. The number of fused-ring (bicyclic) bond motifs is 1. The summed E-state index contributed by atoms with van der Waals surface area (Å²) in [5.41, 5.74) is 0.0562. The Labute approximate surface area is 121 Å². The van der Waals surface area contributed by atoms with E-state index in [0.717, 1.165) is 0 Å². The Morgan fingerprint density at radius 1 is 1.30 bits per heavy atom. The third-order valence-electron chi connectivity index (χ3n) is 5.60. The minimum Gasteiger partial charge on any atom is -0.467 e. The van der Waals surface area contributed by atoms with Gasteiger partial charge in [0.1, 0.15) is 6.04 Å². The van der Waals surface area contributed by atoms with Crippen molar-refractivity contribution in [1.29, 1.82) is 0 Å². The Morgan fingerprint density at radius 3 is 2.30 bits per heavy atom. The Balaban J connectivity index is 2.21. The number of hydrogen-bond donors (Lipinski definition) is 0. The molecular weight excluding hydrogens is 254 g/mol. The third kappa shape index (κ3) is 2.13. The van der Waals surface area contributed by atoms with Gasteiger partial charge in [-0.1, -0.05) is 41.5 Å². The van der Waals surface area contributed by atoms with E-state index in [-0.39, 0.29) is 34.5 Å². The van der Waals surface area contributed by atoms with Crippen molar-refractivity contribution in [3.63, 3.8) is 0 Å². The van der Waals surface area contributed by atoms with Crippen LogP contribution in [0.5, 0.6) is 0 Å². The van der Waals surface area contributed by atoms with Crippen LogP contribution in [-0.4, -0.2) is 36.5 Å². The van der Waals surface area contributed by atoms with Crippen LogP contribution in [0.3, 0.4) is 0 Å². The molecule has 2 fully saturated rings. The third-order valence-corrected chi connectivity index (χ3v) is 5.60. The highest BCUT2D eigenvalue weighted by atomic mass is 16.5. The van der Waals surface area contributed by atoms with Gasteiger partial charge < -0.3 is 9.64 Å². The van der Waals surface area contributed by atoms with Crippen LogP contribution in [0.25, 0.3) is 0 Å². The molecule has 0 aromatic carbocycles. The maximum atomic E-state index is 12.7. The lowest BCUT2D eigenvalue weighted by Crippen LogP contribution is -2.49. The standard InChI is InChI=1S/C16H27NO3/c1-9(15(2,3)4)13(18)17-8-10-11(16(10,5)6)12(17)14(19)20-7/h9-12H,8H2,1-7H3/t9?,10?,11?,12-/m0/s1. The van der Waals surface area contributed by atoms with Gasteiger partial charge in [-0.3, -0.25) is 4.79 Å². The zero-order chi connectivity index (χ0) is 15.5. The molecule has 3 unspecified atom stereocenters. The van der Waals surface area contributed by atoms with Crippen molar-refractivity contribution in [2.45, 2.75) is 47.6 Å². The van der Waals surface area contributed by atoms with Crippen LogP contribution >= 0.6 is 0 Å². The topological polar surface area (TPSA) is 46.6 Å². The first-order chi connectivity index (χ1) is 9.03. The molecule has 1 amide bonds. The van der Waals surface area contributed by atoms with Crippen LogP contribution in [0.2, 0.25) is 0 Å². The SMILES string of the molecule is COC(=O)[C@@H]1C2C(CN1C(=O)C(C)C(C)(C)C)C2(C)C. The number of esters is 1. The quantitative estimate of drug-likeness (QED) is 0.730. The molecule has 0 bridgehead atoms. The molecule has 1 aliphatic carbocycles. The number of amides is 1. The summed E-state index contributed by atoms with van der Waals surface area (Å²) in [7, 11) is 1.40. The molecule has 4 heteroatoms. The second kappa shape index (κ2) is 4.47. The van der Waals surface area contributed by atoms with Crippen LogP contribution < -0.4 is 0 Å². The Bertz CT molecular complexity index is 435. The van der Waals surface area contributed by atoms with Gasteiger partial charge in [-0.25, -0.2) is 4.79 Å². The molecule has 0 aromatic heterocycles. The second-order valence-corrected chi connectivity index (χ2v) is 8.00. The molecule has 1 heterocycles. The van der Waals surface area contributed by atoms with Gasteiger partial charge in [0.2, 0.25) is 5.91 Å². The molecule has 1 saturated heterocycles. The number of rotatable bonds is 2. The van der Waals surface area contributed by atoms with Crippen molar-refractivity contribution in [2.75, 3.05) is 13.7 Å². The van der Waals surface area contributed by atoms with Gasteiger partial charge in [-0.2, -0.15) is 0 Å². The van der Waals surface area contributed by atoms with Crippen molar-refractivity contribution in [2.24, 2.45) is 28.6 Å². The van der Waals surface area contributed by atoms with Crippen LogP contribution in [0.4, 0.5) is 0 Å². The molecule has 0 aromatic rings. The first-order valence-electron chi connectivity index (χ1n) is 7.41. The van der Waals surface area contributed by atoms with E-state index in [9.17, 15) is 9.59 Å². The summed E-state index contributed by atoms with van der Waals surface area (Å²) >= 11 is 0. The Kier molecular flexibility index (Phi) is 3.43. The lowest BCUT2D eigenvalue weighted by atomic mass is 9.81. The van der Waals surface area contributed by atoms with Crippen LogP contribution in [0, 0.1) is 28.6 Å². The van der Waals surface area contributed by atoms with E-state index >= 15 is 0 Å². The number of carbonyl (C=O) groups excluding carboxylic acids is 2. The minimum atomic E-state index is -0.391. The van der Waals surface area contributed by atoms with Gasteiger partial charge in [-0.15, -0.1) is 0 Å². The molecule has 2 rings (SSSR count). The van der Waals surface area contributed by atoms with Crippen molar-refractivity contribution in [1.82, 2.24) is 4.90 Å². The van der Waals surface area contributed by atoms with Crippen molar-refractivity contribution in [3.8, 4) is 0 Å². The number of hydrogen-bond acceptors (Lipinski definition) is 3. The lowest BCUT2D eigenvalue weighted by molar-refractivity contribution is -0.155. The van der Waals surface area contributed by atoms with E-state index in [0.29, 0.717) is 12.5 Å². The molecule has 4 nitrogen and oxygen atoms in total. The van der Waals surface area contributed by atoms with Gasteiger partial charge >= 0.3 is 5.97 Å². The number of methoxy groups -OCH3 is 1. The fourth-order valence-electron chi connectivity index (χ4n) is 3.52. The molecule has 4 atom stereocenters. The van der Waals surface area contributed by atoms with E-state index in [2.05, 4.69) is 34.6 Å². The fourth-order valence-corrected chi connectivity index (χ4v) is 3.52. The average molecular weight is 281 g/mol. The van der Waals surface area contributed by atoms with Crippen molar-refractivity contribution in [3.05, 3.63) is 0 Å². The zero-order valence-electron chi connectivity index (χ0n) is 13.7. The number of likely N-dealkylation sites (tertiary alicyclic amines) is 1. The summed E-state index contributed by atoms with van der Waals surface area (Å²) in [5.74, 6) is 0.400. The smallest absolute Gasteiger partial charge is 0.328 e. The highest BCUT2D eigenvalue weighted by molar-refractivity contribution is 5.88. The number of piperidine rings is 1. The maximum Gasteiger partial charge on any atom is 0.328 e. The Hall–Kier alpha value is -1.06. The van der Waals surface area contributed by atoms with E-state index < -0.39 is 6.04 Å². The summed E-state index contributed by atoms with van der Waals surface area (Å²) in [4.78, 5) is 26.6. The molecule has 114 valence electrons. The van der Waals surface area contributed by atoms with E-state index in [1.807, 2.05) is 6.92 Å². The molecule has 1 saturated carbocycles. The monoisotopic (exact) mass is 281 g/mol. The van der Waals surface area contributed by atoms with E-state index in [1.54, 1.807) is 4.90 Å².